The standard InChI is InChI=1S/C10H8F3NO/c1-7(15)2-4-9-5-3-8(6-14-9)10(11,12)13/h3,5-7,15H,1H3/t7-/m1/s1. The molecule has 0 amide bonds. The van der Waals surface area contributed by atoms with E-state index in [2.05, 4.69) is 16.8 Å². The van der Waals surface area contributed by atoms with Gasteiger partial charge in [0.15, 0.2) is 0 Å². The number of alkyl halides is 3. The second-order valence-electron chi connectivity index (χ2n) is 2.88. The van der Waals surface area contributed by atoms with E-state index in [1.807, 2.05) is 0 Å². The van der Waals surface area contributed by atoms with Crippen molar-refractivity contribution in [3.63, 3.8) is 0 Å². The van der Waals surface area contributed by atoms with Crippen LogP contribution in [0.3, 0.4) is 0 Å². The predicted octanol–water partition coefficient (Wildman–Crippen LogP) is 1.83. The van der Waals surface area contributed by atoms with Crippen LogP contribution in [0.25, 0.3) is 0 Å². The molecule has 0 saturated heterocycles. The Bertz CT molecular complexity index is 384. The molecule has 2 nitrogen and oxygen atoms in total. The minimum atomic E-state index is -4.39. The Morgan fingerprint density at radius 2 is 2.07 bits per heavy atom. The largest absolute Gasteiger partial charge is 0.417 e. The maximum atomic E-state index is 12.1. The van der Waals surface area contributed by atoms with Crippen LogP contribution in [0.4, 0.5) is 13.2 Å². The quantitative estimate of drug-likeness (QED) is 0.670. The molecule has 0 aliphatic carbocycles. The van der Waals surface area contributed by atoms with Gasteiger partial charge in [-0.05, 0) is 25.0 Å². The first kappa shape index (κ1) is 11.5. The third-order valence-corrected chi connectivity index (χ3v) is 1.50. The summed E-state index contributed by atoms with van der Waals surface area (Å²) < 4.78 is 36.4. The van der Waals surface area contributed by atoms with Gasteiger partial charge in [-0.2, -0.15) is 13.2 Å². The van der Waals surface area contributed by atoms with Crippen LogP contribution in [0.5, 0.6) is 0 Å². The molecule has 15 heavy (non-hydrogen) atoms. The molecule has 1 N–H and O–H groups in total. The molecule has 1 heterocycles. The van der Waals surface area contributed by atoms with Gasteiger partial charge in [0.05, 0.1) is 5.56 Å². The molecule has 0 saturated carbocycles. The Kier molecular flexibility index (Phi) is 3.32. The first-order valence-electron chi connectivity index (χ1n) is 4.12. The van der Waals surface area contributed by atoms with Crippen LogP contribution in [-0.4, -0.2) is 16.2 Å². The van der Waals surface area contributed by atoms with E-state index in [0.29, 0.717) is 6.20 Å². The molecule has 0 unspecified atom stereocenters. The summed E-state index contributed by atoms with van der Waals surface area (Å²) >= 11 is 0. The number of nitrogens with zero attached hydrogens (tertiary/aromatic N) is 1. The van der Waals surface area contributed by atoms with Crippen molar-refractivity contribution >= 4 is 0 Å². The average molecular weight is 215 g/mol. The van der Waals surface area contributed by atoms with E-state index >= 15 is 0 Å². The van der Waals surface area contributed by atoms with Crippen LogP contribution in [0.2, 0.25) is 0 Å². The summed E-state index contributed by atoms with van der Waals surface area (Å²) in [5.74, 6) is 4.83. The molecule has 80 valence electrons. The Hall–Kier alpha value is -1.54. The van der Waals surface area contributed by atoms with Crippen molar-refractivity contribution in [3.05, 3.63) is 29.6 Å². The van der Waals surface area contributed by atoms with Gasteiger partial charge in [-0.3, -0.25) is 0 Å². The molecule has 0 bridgehead atoms. The minimum absolute atomic E-state index is 0.198. The van der Waals surface area contributed by atoms with Gasteiger partial charge in [0.1, 0.15) is 11.8 Å². The molecular formula is C10H8F3NO. The average Bonchev–Trinajstić information content (AvgIpc) is 2.14. The zero-order chi connectivity index (χ0) is 11.5. The predicted molar refractivity (Wildman–Crippen MR) is 47.8 cm³/mol. The van der Waals surface area contributed by atoms with Crippen molar-refractivity contribution in [1.82, 2.24) is 4.98 Å². The van der Waals surface area contributed by atoms with Crippen LogP contribution in [0.1, 0.15) is 18.2 Å². The molecular weight excluding hydrogens is 207 g/mol. The highest BCUT2D eigenvalue weighted by atomic mass is 19.4. The van der Waals surface area contributed by atoms with Gasteiger partial charge in [0.25, 0.3) is 0 Å². The lowest BCUT2D eigenvalue weighted by Gasteiger charge is -2.04. The summed E-state index contributed by atoms with van der Waals surface area (Å²) in [6.07, 6.45) is -4.50. The van der Waals surface area contributed by atoms with Gasteiger partial charge in [-0.25, -0.2) is 4.98 Å². The normalized spacial score (nSPS) is 12.9. The molecule has 0 radical (unpaired) electrons. The summed E-state index contributed by atoms with van der Waals surface area (Å²) in [5, 5.41) is 8.82. The van der Waals surface area contributed by atoms with Crippen molar-refractivity contribution in [2.24, 2.45) is 0 Å². The van der Waals surface area contributed by atoms with Crippen LogP contribution in [0.15, 0.2) is 18.3 Å². The molecule has 0 aliphatic heterocycles. The molecule has 1 aromatic heterocycles. The third-order valence-electron chi connectivity index (χ3n) is 1.50. The zero-order valence-electron chi connectivity index (χ0n) is 7.84. The van der Waals surface area contributed by atoms with Crippen molar-refractivity contribution in [1.29, 1.82) is 0 Å². The Labute approximate surface area is 84.8 Å². The topological polar surface area (TPSA) is 33.1 Å². The van der Waals surface area contributed by atoms with Gasteiger partial charge in [0.2, 0.25) is 0 Å². The highest BCUT2D eigenvalue weighted by Gasteiger charge is 2.30. The number of pyridine rings is 1. The maximum Gasteiger partial charge on any atom is 0.417 e. The number of aromatic nitrogens is 1. The Morgan fingerprint density at radius 1 is 1.40 bits per heavy atom. The third kappa shape index (κ3) is 3.60. The monoisotopic (exact) mass is 215 g/mol. The smallest absolute Gasteiger partial charge is 0.381 e. The molecule has 0 aliphatic rings. The fraction of sp³-hybridized carbons (Fsp3) is 0.300. The van der Waals surface area contributed by atoms with Crippen molar-refractivity contribution < 1.29 is 18.3 Å². The van der Waals surface area contributed by atoms with Gasteiger partial charge in [0, 0.05) is 6.20 Å². The van der Waals surface area contributed by atoms with Crippen LogP contribution in [0, 0.1) is 11.8 Å². The summed E-state index contributed by atoms with van der Waals surface area (Å²) in [4.78, 5) is 3.51. The number of rotatable bonds is 0. The van der Waals surface area contributed by atoms with Crippen LogP contribution >= 0.6 is 0 Å². The molecule has 0 fully saturated rings. The Morgan fingerprint density at radius 3 is 2.47 bits per heavy atom. The number of hydrogen-bond acceptors (Lipinski definition) is 2. The van der Waals surface area contributed by atoms with E-state index in [-0.39, 0.29) is 5.69 Å². The molecule has 0 aromatic carbocycles. The van der Waals surface area contributed by atoms with E-state index in [4.69, 9.17) is 5.11 Å². The van der Waals surface area contributed by atoms with Crippen molar-refractivity contribution in [2.75, 3.05) is 0 Å². The molecule has 1 rings (SSSR count). The summed E-state index contributed by atoms with van der Waals surface area (Å²) in [6, 6.07) is 2.07. The highest BCUT2D eigenvalue weighted by Crippen LogP contribution is 2.28. The van der Waals surface area contributed by atoms with E-state index in [1.54, 1.807) is 0 Å². The maximum absolute atomic E-state index is 12.1. The van der Waals surface area contributed by atoms with Gasteiger partial charge in [-0.1, -0.05) is 5.92 Å². The second kappa shape index (κ2) is 4.32. The molecule has 1 atom stereocenters. The molecule has 0 spiro atoms. The number of aliphatic hydroxyl groups excluding tert-OH is 1. The van der Waals surface area contributed by atoms with Gasteiger partial charge >= 0.3 is 6.18 Å². The van der Waals surface area contributed by atoms with Crippen molar-refractivity contribution in [2.45, 2.75) is 19.2 Å². The lowest BCUT2D eigenvalue weighted by Crippen LogP contribution is -2.05. The van der Waals surface area contributed by atoms with Gasteiger partial charge in [-0.15, -0.1) is 0 Å². The number of hydrogen-bond donors (Lipinski definition) is 1. The number of aliphatic hydroxyl groups is 1. The highest BCUT2D eigenvalue weighted by molar-refractivity contribution is 5.30. The number of halogens is 3. The fourth-order valence-electron chi connectivity index (χ4n) is 0.814. The first-order chi connectivity index (χ1) is 6.89. The second-order valence-corrected chi connectivity index (χ2v) is 2.88. The van der Waals surface area contributed by atoms with Crippen molar-refractivity contribution in [3.8, 4) is 11.8 Å². The van der Waals surface area contributed by atoms with E-state index in [9.17, 15) is 13.2 Å². The minimum Gasteiger partial charge on any atom is -0.381 e. The summed E-state index contributed by atoms with van der Waals surface area (Å²) in [7, 11) is 0. The first-order valence-corrected chi connectivity index (χ1v) is 4.12. The molecule has 1 aromatic rings. The Balaban J connectivity index is 2.88. The zero-order valence-corrected chi connectivity index (χ0v) is 7.84. The molecule has 5 heteroatoms. The fourth-order valence-corrected chi connectivity index (χ4v) is 0.814. The van der Waals surface area contributed by atoms with Crippen LogP contribution < -0.4 is 0 Å². The summed E-state index contributed by atoms with van der Waals surface area (Å²) in [6.45, 7) is 1.46. The van der Waals surface area contributed by atoms with Gasteiger partial charge < -0.3 is 5.11 Å². The SMILES string of the molecule is C[C@@H](O)C#Cc1ccc(C(F)(F)F)cn1. The van der Waals surface area contributed by atoms with E-state index < -0.39 is 17.8 Å². The van der Waals surface area contributed by atoms with E-state index in [1.165, 1.54) is 6.92 Å². The van der Waals surface area contributed by atoms with E-state index in [0.717, 1.165) is 12.1 Å². The lowest BCUT2D eigenvalue weighted by molar-refractivity contribution is -0.137. The lowest BCUT2D eigenvalue weighted by atomic mass is 10.2. The summed E-state index contributed by atoms with van der Waals surface area (Å²) in [5.41, 5.74) is -0.617. The van der Waals surface area contributed by atoms with Crippen LogP contribution in [-0.2, 0) is 6.18 Å².